The third-order valence-corrected chi connectivity index (χ3v) is 5.35. The predicted molar refractivity (Wildman–Crippen MR) is 84.1 cm³/mol. The Morgan fingerprint density at radius 1 is 1.33 bits per heavy atom. The standard InChI is InChI=1S/C15H22N2O3S/c1-11-3-5-13(6-4-11)17-15(18)9-12(2)16-14-7-8-21(19,20)10-14/h3-6,12,14,16H,7-10H2,1-2H3,(H,17,18). The Hall–Kier alpha value is -1.40. The van der Waals surface area contributed by atoms with Crippen LogP contribution < -0.4 is 10.6 Å². The fourth-order valence-corrected chi connectivity index (χ4v) is 4.20. The topological polar surface area (TPSA) is 75.3 Å². The molecule has 21 heavy (non-hydrogen) atoms. The van der Waals surface area contributed by atoms with Crippen molar-refractivity contribution in [3.8, 4) is 0 Å². The number of hydrogen-bond acceptors (Lipinski definition) is 4. The molecule has 2 N–H and O–H groups in total. The summed E-state index contributed by atoms with van der Waals surface area (Å²) in [6, 6.07) is 7.55. The van der Waals surface area contributed by atoms with Gasteiger partial charge in [0.25, 0.3) is 0 Å². The minimum absolute atomic E-state index is 0.0304. The highest BCUT2D eigenvalue weighted by Gasteiger charge is 2.28. The summed E-state index contributed by atoms with van der Waals surface area (Å²) >= 11 is 0. The molecule has 6 heteroatoms. The van der Waals surface area contributed by atoms with Gasteiger partial charge in [-0.2, -0.15) is 0 Å². The van der Waals surface area contributed by atoms with Crippen molar-refractivity contribution in [2.45, 2.75) is 38.8 Å². The van der Waals surface area contributed by atoms with E-state index in [1.807, 2.05) is 38.1 Å². The van der Waals surface area contributed by atoms with Crippen LogP contribution >= 0.6 is 0 Å². The molecule has 116 valence electrons. The minimum Gasteiger partial charge on any atom is -0.326 e. The second-order valence-electron chi connectivity index (χ2n) is 5.79. The molecule has 1 aliphatic heterocycles. The Morgan fingerprint density at radius 3 is 2.57 bits per heavy atom. The van der Waals surface area contributed by atoms with E-state index in [0.29, 0.717) is 12.8 Å². The van der Waals surface area contributed by atoms with Crippen LogP contribution in [0.25, 0.3) is 0 Å². The maximum absolute atomic E-state index is 11.9. The first-order valence-corrected chi connectivity index (χ1v) is 8.99. The maximum Gasteiger partial charge on any atom is 0.225 e. The fraction of sp³-hybridized carbons (Fsp3) is 0.533. The minimum atomic E-state index is -2.89. The second kappa shape index (κ2) is 6.58. The van der Waals surface area contributed by atoms with E-state index in [1.165, 1.54) is 0 Å². The Morgan fingerprint density at radius 2 is 2.00 bits per heavy atom. The van der Waals surface area contributed by atoms with Crippen molar-refractivity contribution in [3.63, 3.8) is 0 Å². The van der Waals surface area contributed by atoms with Gasteiger partial charge in [-0.1, -0.05) is 17.7 Å². The van der Waals surface area contributed by atoms with Crippen molar-refractivity contribution in [2.75, 3.05) is 16.8 Å². The van der Waals surface area contributed by atoms with Gasteiger partial charge in [-0.25, -0.2) is 8.42 Å². The van der Waals surface area contributed by atoms with Gasteiger partial charge in [0.1, 0.15) is 0 Å². The molecule has 1 aliphatic rings. The summed E-state index contributed by atoms with van der Waals surface area (Å²) in [4.78, 5) is 11.9. The molecule has 1 aromatic carbocycles. The molecule has 0 bridgehead atoms. The Balaban J connectivity index is 1.78. The Labute approximate surface area is 126 Å². The monoisotopic (exact) mass is 310 g/mol. The molecular formula is C15H22N2O3S. The summed E-state index contributed by atoms with van der Waals surface area (Å²) in [5.41, 5.74) is 1.92. The van der Waals surface area contributed by atoms with Gasteiger partial charge in [0.2, 0.25) is 5.91 Å². The Bertz CT molecular complexity index is 596. The number of nitrogens with one attached hydrogen (secondary N) is 2. The molecule has 0 aromatic heterocycles. The molecule has 2 unspecified atom stereocenters. The zero-order valence-corrected chi connectivity index (χ0v) is 13.2. The first kappa shape index (κ1) is 16.0. The number of anilines is 1. The number of benzene rings is 1. The summed E-state index contributed by atoms with van der Waals surface area (Å²) in [6.45, 7) is 3.90. The molecular weight excluding hydrogens is 288 g/mol. The largest absolute Gasteiger partial charge is 0.326 e. The molecule has 1 heterocycles. The fourth-order valence-electron chi connectivity index (χ4n) is 2.51. The van der Waals surface area contributed by atoms with Gasteiger partial charge in [0, 0.05) is 24.2 Å². The number of amides is 1. The number of hydrogen-bond donors (Lipinski definition) is 2. The summed E-state index contributed by atoms with van der Waals surface area (Å²) in [5, 5.41) is 6.06. The normalized spacial score (nSPS) is 21.9. The number of carbonyl (C=O) groups excluding carboxylic acids is 1. The van der Waals surface area contributed by atoms with Crippen LogP contribution in [0.2, 0.25) is 0 Å². The number of carbonyl (C=O) groups is 1. The summed E-state index contributed by atoms with van der Waals surface area (Å²) in [7, 11) is -2.89. The van der Waals surface area contributed by atoms with Crippen LogP contribution in [0.1, 0.15) is 25.3 Å². The lowest BCUT2D eigenvalue weighted by molar-refractivity contribution is -0.116. The van der Waals surface area contributed by atoms with Crippen molar-refractivity contribution in [2.24, 2.45) is 0 Å². The molecule has 1 saturated heterocycles. The Kier molecular flexibility index (Phi) is 5.00. The van der Waals surface area contributed by atoms with Gasteiger partial charge in [0.05, 0.1) is 11.5 Å². The van der Waals surface area contributed by atoms with Crippen molar-refractivity contribution in [3.05, 3.63) is 29.8 Å². The summed E-state index contributed by atoms with van der Waals surface area (Å²) < 4.78 is 22.8. The highest BCUT2D eigenvalue weighted by molar-refractivity contribution is 7.91. The van der Waals surface area contributed by atoms with Crippen LogP contribution in [0.4, 0.5) is 5.69 Å². The molecule has 0 saturated carbocycles. The van der Waals surface area contributed by atoms with Gasteiger partial charge in [-0.05, 0) is 32.4 Å². The van der Waals surface area contributed by atoms with Crippen LogP contribution in [-0.4, -0.2) is 37.9 Å². The number of sulfone groups is 1. The van der Waals surface area contributed by atoms with E-state index in [1.54, 1.807) is 0 Å². The van der Waals surface area contributed by atoms with Crippen LogP contribution in [-0.2, 0) is 14.6 Å². The van der Waals surface area contributed by atoms with E-state index >= 15 is 0 Å². The first-order chi connectivity index (χ1) is 9.84. The molecule has 0 radical (unpaired) electrons. The van der Waals surface area contributed by atoms with E-state index in [-0.39, 0.29) is 29.5 Å². The average Bonchev–Trinajstić information content (AvgIpc) is 2.71. The zero-order chi connectivity index (χ0) is 15.5. The van der Waals surface area contributed by atoms with Crippen molar-refractivity contribution >= 4 is 21.4 Å². The van der Waals surface area contributed by atoms with Crippen molar-refractivity contribution in [1.82, 2.24) is 5.32 Å². The summed E-state index contributed by atoms with van der Waals surface area (Å²) in [6.07, 6.45) is 0.955. The molecule has 2 rings (SSSR count). The molecule has 1 fully saturated rings. The van der Waals surface area contributed by atoms with Crippen LogP contribution in [0.15, 0.2) is 24.3 Å². The molecule has 0 spiro atoms. The van der Waals surface area contributed by atoms with Gasteiger partial charge >= 0.3 is 0 Å². The predicted octanol–water partition coefficient (Wildman–Crippen LogP) is 1.49. The second-order valence-corrected chi connectivity index (χ2v) is 8.01. The SMILES string of the molecule is Cc1ccc(NC(=O)CC(C)NC2CCS(=O)(=O)C2)cc1. The van der Waals surface area contributed by atoms with Crippen LogP contribution in [0.5, 0.6) is 0 Å². The van der Waals surface area contributed by atoms with Crippen molar-refractivity contribution < 1.29 is 13.2 Å². The molecule has 5 nitrogen and oxygen atoms in total. The molecule has 1 amide bonds. The zero-order valence-electron chi connectivity index (χ0n) is 12.4. The number of rotatable bonds is 5. The van der Waals surface area contributed by atoms with E-state index in [9.17, 15) is 13.2 Å². The summed E-state index contributed by atoms with van der Waals surface area (Å²) in [5.74, 6) is 0.351. The lowest BCUT2D eigenvalue weighted by atomic mass is 10.1. The van der Waals surface area contributed by atoms with Gasteiger partial charge < -0.3 is 10.6 Å². The average molecular weight is 310 g/mol. The van der Waals surface area contributed by atoms with Gasteiger partial charge in [-0.15, -0.1) is 0 Å². The third-order valence-electron chi connectivity index (χ3n) is 3.58. The lowest BCUT2D eigenvalue weighted by Gasteiger charge is -2.18. The molecule has 1 aromatic rings. The quantitative estimate of drug-likeness (QED) is 0.864. The highest BCUT2D eigenvalue weighted by Crippen LogP contribution is 2.13. The smallest absolute Gasteiger partial charge is 0.225 e. The van der Waals surface area contributed by atoms with Gasteiger partial charge in [-0.3, -0.25) is 4.79 Å². The van der Waals surface area contributed by atoms with E-state index in [4.69, 9.17) is 0 Å². The van der Waals surface area contributed by atoms with Crippen molar-refractivity contribution in [1.29, 1.82) is 0 Å². The van der Waals surface area contributed by atoms with Gasteiger partial charge in [0.15, 0.2) is 9.84 Å². The maximum atomic E-state index is 11.9. The molecule has 2 atom stereocenters. The van der Waals surface area contributed by atoms with Crippen LogP contribution in [0.3, 0.4) is 0 Å². The first-order valence-electron chi connectivity index (χ1n) is 7.17. The lowest BCUT2D eigenvalue weighted by Crippen LogP contribution is -2.39. The number of aryl methyl sites for hydroxylation is 1. The third kappa shape index (κ3) is 5.13. The van der Waals surface area contributed by atoms with E-state index in [2.05, 4.69) is 10.6 Å². The highest BCUT2D eigenvalue weighted by atomic mass is 32.2. The van der Waals surface area contributed by atoms with E-state index in [0.717, 1.165) is 11.3 Å². The van der Waals surface area contributed by atoms with E-state index < -0.39 is 9.84 Å². The molecule has 0 aliphatic carbocycles. The van der Waals surface area contributed by atoms with Crippen LogP contribution in [0, 0.1) is 6.92 Å².